The van der Waals surface area contributed by atoms with E-state index >= 15 is 0 Å². The van der Waals surface area contributed by atoms with Gasteiger partial charge in [-0.15, -0.1) is 5.10 Å². The van der Waals surface area contributed by atoms with Crippen LogP contribution in [0.3, 0.4) is 0 Å². The minimum Gasteiger partial charge on any atom is -0.414 e. The Hall–Kier alpha value is -5.61. The van der Waals surface area contributed by atoms with Gasteiger partial charge in [-0.2, -0.15) is 9.78 Å². The number of aromatic amines is 1. The van der Waals surface area contributed by atoms with Crippen LogP contribution < -0.4 is 18.9 Å². The number of rotatable bonds is 8. The largest absolute Gasteiger partial charge is 0.440 e. The number of benzene rings is 2. The second-order valence-electron chi connectivity index (χ2n) is 8.07. The van der Waals surface area contributed by atoms with E-state index in [0.29, 0.717) is 5.82 Å². The van der Waals surface area contributed by atoms with Crippen LogP contribution in [0.15, 0.2) is 73.1 Å². The number of carbonyl (C=O) groups excluding carboxylic acids is 2. The average Bonchev–Trinajstić information content (AvgIpc) is 3.60. The zero-order chi connectivity index (χ0) is 33.8. The predicted octanol–water partition coefficient (Wildman–Crippen LogP) is 3.32. The second kappa shape index (κ2) is 15.7. The quantitative estimate of drug-likeness (QED) is 0.136. The molecule has 4 aromatic rings. The highest BCUT2D eigenvalue weighted by atomic mass is 35.5. The molecule has 0 spiro atoms. The third-order valence-corrected chi connectivity index (χ3v) is 5.61. The van der Waals surface area contributed by atoms with Crippen molar-refractivity contribution < 1.29 is 45.7 Å². The molecule has 0 saturated carbocycles. The van der Waals surface area contributed by atoms with E-state index in [9.17, 15) is 46.7 Å². The van der Waals surface area contributed by atoms with Gasteiger partial charge in [0.05, 0.1) is 28.6 Å². The number of nitrogens with zero attached hydrogens (tertiary/aromatic N) is 5. The fraction of sp³-hybridized carbons (Fsp3) is 0.0909. The van der Waals surface area contributed by atoms with Gasteiger partial charge in [0.15, 0.2) is 5.82 Å². The molecule has 23 heteroatoms. The topological polar surface area (TPSA) is 278 Å². The Morgan fingerprint density at radius 3 is 1.71 bits per heavy atom. The van der Waals surface area contributed by atoms with E-state index in [1.54, 1.807) is 0 Å². The van der Waals surface area contributed by atoms with Crippen molar-refractivity contribution in [1.29, 1.82) is 0 Å². The highest BCUT2D eigenvalue weighted by Gasteiger charge is 2.13. The summed E-state index contributed by atoms with van der Waals surface area (Å²) in [5.74, 6) is 0.597. The van der Waals surface area contributed by atoms with Crippen molar-refractivity contribution in [1.82, 2.24) is 20.0 Å². The van der Waals surface area contributed by atoms with Gasteiger partial charge in [0.2, 0.25) is 20.0 Å². The van der Waals surface area contributed by atoms with Gasteiger partial charge in [0.25, 0.3) is 11.4 Å². The molecule has 4 rings (SSSR count). The fourth-order valence-corrected chi connectivity index (χ4v) is 3.79. The zero-order valence-corrected chi connectivity index (χ0v) is 25.1. The lowest BCUT2D eigenvalue weighted by molar-refractivity contribution is -0.385. The third-order valence-electron chi connectivity index (χ3n) is 4.36. The van der Waals surface area contributed by atoms with E-state index < -0.39 is 41.4 Å². The van der Waals surface area contributed by atoms with Crippen LogP contribution in [0, 0.1) is 20.2 Å². The fourth-order valence-electron chi connectivity index (χ4n) is 2.69. The first-order chi connectivity index (χ1) is 20.9. The van der Waals surface area contributed by atoms with Crippen molar-refractivity contribution in [2.45, 2.75) is 0 Å². The van der Waals surface area contributed by atoms with Crippen molar-refractivity contribution in [2.75, 3.05) is 22.0 Å². The van der Waals surface area contributed by atoms with Crippen LogP contribution in [-0.2, 0) is 20.0 Å². The number of hydrogen-bond donors (Lipinski definition) is 3. The summed E-state index contributed by atoms with van der Waals surface area (Å²) in [7, 11) is -6.67. The summed E-state index contributed by atoms with van der Waals surface area (Å²) in [4.78, 5) is 41.6. The van der Waals surface area contributed by atoms with E-state index in [1.807, 2.05) is 0 Å². The summed E-state index contributed by atoms with van der Waals surface area (Å²) >= 11 is 4.92. The molecule has 240 valence electrons. The molecule has 2 aromatic carbocycles. The predicted molar refractivity (Wildman–Crippen MR) is 157 cm³/mol. The molecule has 0 fully saturated rings. The Bertz CT molecular complexity index is 1850. The average molecular weight is 689 g/mol. The SMILES string of the molecule is CS(=O)(=O)Nc1ccn(C(=O)Oc2ccc([N+](=O)[O-])cc2)n1.CS(=O)(=O)Nc1ccn[nH]1.O=C(Cl)Oc1ccc([N+](=O)[O-])cc1. The number of nitro groups is 2. The van der Waals surface area contributed by atoms with Gasteiger partial charge in [-0.25, -0.2) is 26.4 Å². The van der Waals surface area contributed by atoms with Gasteiger partial charge in [-0.1, -0.05) is 0 Å². The molecule has 0 aliphatic rings. The van der Waals surface area contributed by atoms with E-state index in [-0.39, 0.29) is 28.7 Å². The van der Waals surface area contributed by atoms with Crippen LogP contribution in [0.1, 0.15) is 0 Å². The molecule has 0 amide bonds. The summed E-state index contributed by atoms with van der Waals surface area (Å²) in [5.41, 5.74) is -1.19. The number of aromatic nitrogens is 4. The van der Waals surface area contributed by atoms with Crippen LogP contribution in [0.5, 0.6) is 11.5 Å². The zero-order valence-electron chi connectivity index (χ0n) is 22.8. The Labute approximate surface area is 258 Å². The summed E-state index contributed by atoms with van der Waals surface area (Å²) in [6.45, 7) is 0. The van der Waals surface area contributed by atoms with Crippen molar-refractivity contribution in [3.05, 3.63) is 93.3 Å². The van der Waals surface area contributed by atoms with E-state index in [2.05, 4.69) is 29.5 Å². The standard InChI is InChI=1S/C11H10N4O6S.C7H4ClNO4.C4H7N3O2S/c1-22(19,20)13-10-6-7-14(12-10)11(16)21-9-4-2-8(3-5-9)15(17)18;8-7(10)13-6-3-1-5(2-4-6)9(11)12;1-10(8,9)7-4-2-3-5-6-4/h2-7H,1H3,(H,12,13);1-4H;2-3H,1H3,(H2,5,6,7). The molecular formula is C22H21ClN8O12S2. The Morgan fingerprint density at radius 2 is 1.31 bits per heavy atom. The molecule has 2 aromatic heterocycles. The van der Waals surface area contributed by atoms with Gasteiger partial charge in [0.1, 0.15) is 17.3 Å². The van der Waals surface area contributed by atoms with Gasteiger partial charge in [0, 0.05) is 54.2 Å². The molecule has 3 N–H and O–H groups in total. The van der Waals surface area contributed by atoms with Crippen LogP contribution in [0.4, 0.5) is 32.6 Å². The van der Waals surface area contributed by atoms with Gasteiger partial charge in [-0.3, -0.25) is 34.8 Å². The molecule has 45 heavy (non-hydrogen) atoms. The molecule has 0 saturated heterocycles. The van der Waals surface area contributed by atoms with E-state index in [0.717, 1.165) is 17.2 Å². The van der Waals surface area contributed by atoms with E-state index in [1.165, 1.54) is 73.1 Å². The smallest absolute Gasteiger partial charge is 0.414 e. The monoisotopic (exact) mass is 688 g/mol. The first kappa shape index (κ1) is 35.6. The van der Waals surface area contributed by atoms with Crippen LogP contribution in [0.25, 0.3) is 0 Å². The Balaban J connectivity index is 0.000000259. The Kier molecular flexibility index (Phi) is 12.4. The molecule has 2 heterocycles. The summed E-state index contributed by atoms with van der Waals surface area (Å²) in [6, 6.07) is 12.7. The van der Waals surface area contributed by atoms with Crippen molar-refractivity contribution >= 4 is 66.2 Å². The minimum absolute atomic E-state index is 0.0388. The molecule has 0 aliphatic carbocycles. The van der Waals surface area contributed by atoms with Gasteiger partial charge in [-0.05, 0) is 24.3 Å². The molecule has 0 atom stereocenters. The minimum atomic E-state index is -3.50. The number of halogens is 1. The van der Waals surface area contributed by atoms with Crippen LogP contribution in [0.2, 0.25) is 0 Å². The molecular weight excluding hydrogens is 668 g/mol. The maximum Gasteiger partial charge on any atom is 0.440 e. The highest BCUT2D eigenvalue weighted by Crippen LogP contribution is 2.19. The molecule has 0 bridgehead atoms. The number of nitro benzene ring substituents is 2. The molecule has 20 nitrogen and oxygen atoms in total. The second-order valence-corrected chi connectivity index (χ2v) is 11.9. The number of sulfonamides is 2. The van der Waals surface area contributed by atoms with Crippen LogP contribution in [-0.4, -0.2) is 70.7 Å². The number of H-pyrrole nitrogens is 1. The summed E-state index contributed by atoms with van der Waals surface area (Å²) < 4.78 is 57.6. The highest BCUT2D eigenvalue weighted by molar-refractivity contribution is 7.92. The first-order valence-corrected chi connectivity index (χ1v) is 15.7. The maximum atomic E-state index is 11.8. The number of ether oxygens (including phenoxy) is 2. The lowest BCUT2D eigenvalue weighted by Gasteiger charge is -2.03. The number of nitrogens with one attached hydrogen (secondary N) is 3. The molecule has 0 unspecified atom stereocenters. The first-order valence-electron chi connectivity index (χ1n) is 11.5. The molecule has 0 aliphatic heterocycles. The van der Waals surface area contributed by atoms with Gasteiger partial charge < -0.3 is 9.47 Å². The van der Waals surface area contributed by atoms with Crippen molar-refractivity contribution in [2.24, 2.45) is 0 Å². The van der Waals surface area contributed by atoms with Gasteiger partial charge >= 0.3 is 11.5 Å². The number of hydrogen-bond acceptors (Lipinski definition) is 14. The number of carbonyl (C=O) groups is 2. The summed E-state index contributed by atoms with van der Waals surface area (Å²) in [6.07, 6.45) is 3.81. The molecule has 0 radical (unpaired) electrons. The lowest BCUT2D eigenvalue weighted by Crippen LogP contribution is -2.18. The maximum absolute atomic E-state index is 11.8. The number of non-ortho nitro benzene ring substituents is 2. The normalized spacial score (nSPS) is 10.6. The third kappa shape index (κ3) is 13.9. The van der Waals surface area contributed by atoms with Crippen LogP contribution >= 0.6 is 11.6 Å². The lowest BCUT2D eigenvalue weighted by atomic mass is 10.3. The van der Waals surface area contributed by atoms with E-state index in [4.69, 9.17) is 16.3 Å². The van der Waals surface area contributed by atoms with Crippen molar-refractivity contribution in [3.63, 3.8) is 0 Å². The Morgan fingerprint density at radius 1 is 0.822 bits per heavy atom. The van der Waals surface area contributed by atoms with Crippen molar-refractivity contribution in [3.8, 4) is 11.5 Å². The number of anilines is 2. The summed E-state index contributed by atoms with van der Waals surface area (Å²) in [5, 5.41) is 30.4.